The lowest BCUT2D eigenvalue weighted by Crippen LogP contribution is -2.33. The summed E-state index contributed by atoms with van der Waals surface area (Å²) in [5, 5.41) is 2.70. The first kappa shape index (κ1) is 17.1. The SMILES string of the molecule is O=C(Nc1ccc(F)cc1)c1cccc(N2C(=O)[C@@H]3[C@@H]4CC[C@H](C4)[C@@H]3C2=O)c1. The predicted octanol–water partition coefficient (Wildman–Crippen LogP) is 3.61. The lowest BCUT2D eigenvalue weighted by molar-refractivity contribution is -0.123. The molecule has 2 saturated carbocycles. The highest BCUT2D eigenvalue weighted by atomic mass is 19.1. The predicted molar refractivity (Wildman–Crippen MR) is 101 cm³/mol. The summed E-state index contributed by atoms with van der Waals surface area (Å²) < 4.78 is 13.0. The highest BCUT2D eigenvalue weighted by molar-refractivity contribution is 6.23. The van der Waals surface area contributed by atoms with E-state index in [1.165, 1.54) is 29.2 Å². The van der Waals surface area contributed by atoms with Crippen LogP contribution in [0.1, 0.15) is 29.6 Å². The van der Waals surface area contributed by atoms with Crippen LogP contribution >= 0.6 is 0 Å². The standard InChI is InChI=1S/C22H19FN2O3/c23-15-6-8-16(9-7-15)24-20(26)14-2-1-3-17(11-14)25-21(27)18-12-4-5-13(10-12)19(18)22(25)28/h1-3,6-9,11-13,18-19H,4-5,10H2,(H,24,26)/t12-,13-,18-,19+/m1/s1. The lowest BCUT2D eigenvalue weighted by atomic mass is 9.81. The fourth-order valence-electron chi connectivity index (χ4n) is 5.19. The minimum Gasteiger partial charge on any atom is -0.322 e. The monoisotopic (exact) mass is 378 g/mol. The summed E-state index contributed by atoms with van der Waals surface area (Å²) in [6.07, 6.45) is 3.04. The first-order valence-corrected chi connectivity index (χ1v) is 9.58. The number of carbonyl (C=O) groups is 3. The molecule has 0 aromatic heterocycles. The molecule has 3 amide bonds. The third-order valence-corrected chi connectivity index (χ3v) is 6.40. The van der Waals surface area contributed by atoms with Gasteiger partial charge in [0.05, 0.1) is 17.5 Å². The van der Waals surface area contributed by atoms with E-state index < -0.39 is 0 Å². The van der Waals surface area contributed by atoms with Crippen LogP contribution in [0.25, 0.3) is 0 Å². The first-order valence-electron chi connectivity index (χ1n) is 9.58. The van der Waals surface area contributed by atoms with E-state index in [2.05, 4.69) is 5.32 Å². The Labute approximate surface area is 161 Å². The van der Waals surface area contributed by atoms with E-state index in [0.717, 1.165) is 19.3 Å². The number of nitrogens with one attached hydrogen (secondary N) is 1. The van der Waals surface area contributed by atoms with E-state index in [1.54, 1.807) is 24.3 Å². The Morgan fingerprint density at radius 1 is 0.964 bits per heavy atom. The lowest BCUT2D eigenvalue weighted by Gasteiger charge is -2.19. The number of carbonyl (C=O) groups excluding carboxylic acids is 3. The van der Waals surface area contributed by atoms with Crippen molar-refractivity contribution in [1.82, 2.24) is 0 Å². The molecular weight excluding hydrogens is 359 g/mol. The summed E-state index contributed by atoms with van der Waals surface area (Å²) in [5.74, 6) is -0.760. The molecule has 2 bridgehead atoms. The van der Waals surface area contributed by atoms with Crippen LogP contribution in [0.4, 0.5) is 15.8 Å². The van der Waals surface area contributed by atoms with Gasteiger partial charge in [0.15, 0.2) is 0 Å². The molecule has 142 valence electrons. The van der Waals surface area contributed by atoms with Gasteiger partial charge in [-0.25, -0.2) is 4.39 Å². The van der Waals surface area contributed by atoms with E-state index in [0.29, 0.717) is 28.8 Å². The molecule has 6 heteroatoms. The Balaban J connectivity index is 1.40. The van der Waals surface area contributed by atoms with Gasteiger partial charge in [-0.15, -0.1) is 0 Å². The number of imide groups is 1. The largest absolute Gasteiger partial charge is 0.322 e. The summed E-state index contributed by atoms with van der Waals surface area (Å²) in [4.78, 5) is 39.7. The second-order valence-corrected chi connectivity index (χ2v) is 7.91. The van der Waals surface area contributed by atoms with Crippen molar-refractivity contribution in [3.05, 3.63) is 59.9 Å². The summed E-state index contributed by atoms with van der Waals surface area (Å²) in [5.41, 5.74) is 1.24. The van der Waals surface area contributed by atoms with Gasteiger partial charge in [0.2, 0.25) is 11.8 Å². The van der Waals surface area contributed by atoms with Gasteiger partial charge in [-0.3, -0.25) is 19.3 Å². The van der Waals surface area contributed by atoms with Gasteiger partial charge < -0.3 is 5.32 Å². The fraction of sp³-hybridized carbons (Fsp3) is 0.318. The van der Waals surface area contributed by atoms with Crippen molar-refractivity contribution < 1.29 is 18.8 Å². The number of anilines is 2. The first-order chi connectivity index (χ1) is 13.5. The zero-order chi connectivity index (χ0) is 19.4. The smallest absolute Gasteiger partial charge is 0.255 e. The van der Waals surface area contributed by atoms with E-state index >= 15 is 0 Å². The van der Waals surface area contributed by atoms with Gasteiger partial charge in [0.1, 0.15) is 5.82 Å². The molecule has 1 saturated heterocycles. The average molecular weight is 378 g/mol. The van der Waals surface area contributed by atoms with Crippen LogP contribution < -0.4 is 10.2 Å². The van der Waals surface area contributed by atoms with E-state index in [9.17, 15) is 18.8 Å². The van der Waals surface area contributed by atoms with Gasteiger partial charge in [0.25, 0.3) is 5.91 Å². The fourth-order valence-corrected chi connectivity index (χ4v) is 5.19. The molecule has 2 aromatic carbocycles. The van der Waals surface area contributed by atoms with E-state index in [1.807, 2.05) is 0 Å². The van der Waals surface area contributed by atoms with Crippen LogP contribution in [-0.4, -0.2) is 17.7 Å². The molecule has 1 heterocycles. The quantitative estimate of drug-likeness (QED) is 0.830. The summed E-state index contributed by atoms with van der Waals surface area (Å²) in [6.45, 7) is 0. The van der Waals surface area contributed by atoms with Crippen LogP contribution in [0.15, 0.2) is 48.5 Å². The topological polar surface area (TPSA) is 66.5 Å². The minimum atomic E-state index is -0.384. The molecule has 0 spiro atoms. The Morgan fingerprint density at radius 2 is 1.61 bits per heavy atom. The number of rotatable bonds is 3. The molecule has 0 radical (unpaired) electrons. The summed E-state index contributed by atoms with van der Waals surface area (Å²) >= 11 is 0. The van der Waals surface area contributed by atoms with E-state index in [4.69, 9.17) is 0 Å². The van der Waals surface area contributed by atoms with Crippen molar-refractivity contribution in [2.75, 3.05) is 10.2 Å². The van der Waals surface area contributed by atoms with Gasteiger partial charge in [0, 0.05) is 11.3 Å². The van der Waals surface area contributed by atoms with Crippen molar-refractivity contribution in [3.8, 4) is 0 Å². The number of benzene rings is 2. The average Bonchev–Trinajstić information content (AvgIpc) is 3.37. The molecule has 28 heavy (non-hydrogen) atoms. The number of hydrogen-bond donors (Lipinski definition) is 1. The van der Waals surface area contributed by atoms with Crippen molar-refractivity contribution in [1.29, 1.82) is 0 Å². The number of hydrogen-bond acceptors (Lipinski definition) is 3. The number of amides is 3. The maximum absolute atomic E-state index is 13.0. The van der Waals surface area contributed by atoms with Gasteiger partial charge in [-0.2, -0.15) is 0 Å². The molecule has 5 rings (SSSR count). The van der Waals surface area contributed by atoms with Crippen LogP contribution in [0.5, 0.6) is 0 Å². The van der Waals surface area contributed by atoms with Crippen LogP contribution in [0, 0.1) is 29.5 Å². The van der Waals surface area contributed by atoms with Crippen LogP contribution in [0.2, 0.25) is 0 Å². The second kappa shape index (κ2) is 6.26. The Morgan fingerprint density at radius 3 is 2.25 bits per heavy atom. The molecular formula is C22H19FN2O3. The summed E-state index contributed by atoms with van der Waals surface area (Å²) in [6, 6.07) is 12.0. The Hall–Kier alpha value is -3.02. The molecule has 3 fully saturated rings. The maximum Gasteiger partial charge on any atom is 0.255 e. The molecule has 1 N–H and O–H groups in total. The maximum atomic E-state index is 13.0. The van der Waals surface area contributed by atoms with Crippen LogP contribution in [0.3, 0.4) is 0 Å². The number of halogens is 1. The molecule has 0 unspecified atom stereocenters. The Kier molecular flexibility index (Phi) is 3.82. The van der Waals surface area contributed by atoms with Gasteiger partial charge in [-0.05, 0) is 73.6 Å². The van der Waals surface area contributed by atoms with E-state index in [-0.39, 0.29) is 35.4 Å². The molecule has 2 aliphatic carbocycles. The van der Waals surface area contributed by atoms with Crippen molar-refractivity contribution in [2.24, 2.45) is 23.7 Å². The molecule has 1 aliphatic heterocycles. The van der Waals surface area contributed by atoms with Crippen molar-refractivity contribution in [2.45, 2.75) is 19.3 Å². The summed E-state index contributed by atoms with van der Waals surface area (Å²) in [7, 11) is 0. The highest BCUT2D eigenvalue weighted by Gasteiger charge is 2.61. The number of fused-ring (bicyclic) bond motifs is 5. The third kappa shape index (κ3) is 2.55. The zero-order valence-corrected chi connectivity index (χ0v) is 15.1. The van der Waals surface area contributed by atoms with Crippen molar-refractivity contribution >= 4 is 29.1 Å². The zero-order valence-electron chi connectivity index (χ0n) is 15.1. The molecule has 2 aromatic rings. The molecule has 3 aliphatic rings. The highest BCUT2D eigenvalue weighted by Crippen LogP contribution is 2.56. The van der Waals surface area contributed by atoms with Gasteiger partial charge >= 0.3 is 0 Å². The molecule has 5 nitrogen and oxygen atoms in total. The third-order valence-electron chi connectivity index (χ3n) is 6.40. The second-order valence-electron chi connectivity index (χ2n) is 7.91. The van der Waals surface area contributed by atoms with Crippen LogP contribution in [-0.2, 0) is 9.59 Å². The van der Waals surface area contributed by atoms with Gasteiger partial charge in [-0.1, -0.05) is 6.07 Å². The van der Waals surface area contributed by atoms with Crippen molar-refractivity contribution in [3.63, 3.8) is 0 Å². The Bertz CT molecular complexity index is 960. The molecule has 4 atom stereocenters. The number of nitrogens with zero attached hydrogens (tertiary/aromatic N) is 1. The normalized spacial score (nSPS) is 28.0. The minimum absolute atomic E-state index is 0.127.